The molecule has 0 bridgehead atoms. The Labute approximate surface area is 178 Å². The summed E-state index contributed by atoms with van der Waals surface area (Å²) < 4.78 is 46.7. The van der Waals surface area contributed by atoms with E-state index in [0.29, 0.717) is 12.1 Å². The standard InChI is InChI=1S/C19H20ClFN2O6S/c1-3-23(10-12-4-7-16(28-2)15(21)8-12)18(24)11-29-19(25)13-5-6-14(20)17(9-13)30(22,26)27/h4-9H,3,10-11H2,1-2H3,(H2,22,26,27). The van der Waals surface area contributed by atoms with E-state index in [1.165, 1.54) is 36.3 Å². The lowest BCUT2D eigenvalue weighted by molar-refractivity contribution is -0.134. The highest BCUT2D eigenvalue weighted by molar-refractivity contribution is 7.89. The van der Waals surface area contributed by atoms with Crippen LogP contribution in [-0.2, 0) is 26.1 Å². The van der Waals surface area contributed by atoms with Gasteiger partial charge in [-0.3, -0.25) is 4.79 Å². The third-order valence-electron chi connectivity index (χ3n) is 4.12. The van der Waals surface area contributed by atoms with Gasteiger partial charge in [0.25, 0.3) is 5.91 Å². The first-order chi connectivity index (χ1) is 14.1. The molecule has 0 aliphatic carbocycles. The van der Waals surface area contributed by atoms with Gasteiger partial charge in [-0.2, -0.15) is 0 Å². The zero-order valence-electron chi connectivity index (χ0n) is 16.2. The van der Waals surface area contributed by atoms with Crippen LogP contribution in [0.1, 0.15) is 22.8 Å². The number of benzene rings is 2. The number of halogens is 2. The summed E-state index contributed by atoms with van der Waals surface area (Å²) in [5.41, 5.74) is 0.404. The first kappa shape index (κ1) is 23.6. The Bertz CT molecular complexity index is 1060. The molecule has 2 N–H and O–H groups in total. The van der Waals surface area contributed by atoms with Crippen molar-refractivity contribution in [2.24, 2.45) is 5.14 Å². The summed E-state index contributed by atoms with van der Waals surface area (Å²) in [5, 5.41) is 4.90. The lowest BCUT2D eigenvalue weighted by atomic mass is 10.2. The highest BCUT2D eigenvalue weighted by Crippen LogP contribution is 2.22. The average Bonchev–Trinajstić information content (AvgIpc) is 2.69. The monoisotopic (exact) mass is 458 g/mol. The van der Waals surface area contributed by atoms with E-state index in [-0.39, 0.29) is 22.9 Å². The summed E-state index contributed by atoms with van der Waals surface area (Å²) >= 11 is 5.77. The Hall–Kier alpha value is -2.69. The first-order valence-electron chi connectivity index (χ1n) is 8.66. The van der Waals surface area contributed by atoms with Gasteiger partial charge in [-0.05, 0) is 42.8 Å². The van der Waals surface area contributed by atoms with Crippen molar-refractivity contribution >= 4 is 33.5 Å². The van der Waals surface area contributed by atoms with Gasteiger partial charge < -0.3 is 14.4 Å². The number of sulfonamides is 1. The van der Waals surface area contributed by atoms with Crippen molar-refractivity contribution < 1.29 is 31.9 Å². The van der Waals surface area contributed by atoms with Gasteiger partial charge in [0.2, 0.25) is 10.0 Å². The molecule has 0 unspecified atom stereocenters. The number of amides is 1. The molecule has 0 aliphatic heterocycles. The van der Waals surface area contributed by atoms with E-state index in [1.807, 2.05) is 0 Å². The number of hydrogen-bond donors (Lipinski definition) is 1. The quantitative estimate of drug-likeness (QED) is 0.607. The van der Waals surface area contributed by atoms with Crippen molar-refractivity contribution in [1.29, 1.82) is 0 Å². The molecule has 0 heterocycles. The van der Waals surface area contributed by atoms with Crippen LogP contribution in [0.25, 0.3) is 0 Å². The molecule has 11 heteroatoms. The summed E-state index contributed by atoms with van der Waals surface area (Å²) in [6.45, 7) is 1.53. The lowest BCUT2D eigenvalue weighted by Crippen LogP contribution is -2.34. The van der Waals surface area contributed by atoms with Crippen LogP contribution in [0.15, 0.2) is 41.3 Å². The third kappa shape index (κ3) is 5.91. The van der Waals surface area contributed by atoms with Gasteiger partial charge in [0.1, 0.15) is 4.90 Å². The van der Waals surface area contributed by atoms with Crippen LogP contribution in [0.5, 0.6) is 5.75 Å². The Morgan fingerprint density at radius 3 is 2.47 bits per heavy atom. The van der Waals surface area contributed by atoms with E-state index in [4.69, 9.17) is 26.2 Å². The first-order valence-corrected chi connectivity index (χ1v) is 10.6. The Morgan fingerprint density at radius 2 is 1.90 bits per heavy atom. The summed E-state index contributed by atoms with van der Waals surface area (Å²) in [6.07, 6.45) is 0. The van der Waals surface area contributed by atoms with Gasteiger partial charge >= 0.3 is 5.97 Å². The van der Waals surface area contributed by atoms with Gasteiger partial charge in [0.05, 0.1) is 17.7 Å². The van der Waals surface area contributed by atoms with Gasteiger partial charge in [-0.15, -0.1) is 0 Å². The Morgan fingerprint density at radius 1 is 1.20 bits per heavy atom. The molecule has 8 nitrogen and oxygen atoms in total. The maximum absolute atomic E-state index is 13.8. The van der Waals surface area contributed by atoms with Crippen LogP contribution >= 0.6 is 11.6 Å². The van der Waals surface area contributed by atoms with Gasteiger partial charge in [-0.25, -0.2) is 22.7 Å². The van der Waals surface area contributed by atoms with E-state index < -0.39 is 39.2 Å². The molecule has 2 rings (SSSR count). The molecule has 0 saturated heterocycles. The second-order valence-electron chi connectivity index (χ2n) is 6.14. The molecule has 162 valence electrons. The smallest absolute Gasteiger partial charge is 0.338 e. The van der Waals surface area contributed by atoms with Crippen LogP contribution in [0, 0.1) is 5.82 Å². The highest BCUT2D eigenvalue weighted by atomic mass is 35.5. The van der Waals surface area contributed by atoms with Gasteiger partial charge in [-0.1, -0.05) is 17.7 Å². The molecule has 0 atom stereocenters. The van der Waals surface area contributed by atoms with Crippen LogP contribution in [0.3, 0.4) is 0 Å². The molecule has 0 aromatic heterocycles. The third-order valence-corrected chi connectivity index (χ3v) is 5.52. The summed E-state index contributed by atoms with van der Waals surface area (Å²) in [6, 6.07) is 7.74. The molecule has 0 saturated carbocycles. The normalized spacial score (nSPS) is 11.1. The van der Waals surface area contributed by atoms with Crippen LogP contribution in [-0.4, -0.2) is 45.5 Å². The molecular formula is C19H20ClFN2O6S. The maximum atomic E-state index is 13.8. The van der Waals surface area contributed by atoms with E-state index in [2.05, 4.69) is 0 Å². The van der Waals surface area contributed by atoms with Crippen molar-refractivity contribution in [3.8, 4) is 5.75 Å². The minimum absolute atomic E-state index is 0.0869. The Balaban J connectivity index is 2.04. The number of carbonyl (C=O) groups excluding carboxylic acids is 2. The molecule has 2 aromatic rings. The summed E-state index contributed by atoms with van der Waals surface area (Å²) in [4.78, 5) is 25.5. The number of esters is 1. The SMILES string of the molecule is CCN(Cc1ccc(OC)c(F)c1)C(=O)COC(=O)c1ccc(Cl)c(S(N)(=O)=O)c1. The van der Waals surface area contributed by atoms with E-state index >= 15 is 0 Å². The number of carbonyl (C=O) groups is 2. The van der Waals surface area contributed by atoms with Crippen LogP contribution < -0.4 is 9.88 Å². The van der Waals surface area contributed by atoms with Crippen molar-refractivity contribution in [3.05, 3.63) is 58.4 Å². The maximum Gasteiger partial charge on any atom is 0.338 e. The topological polar surface area (TPSA) is 116 Å². The number of ether oxygens (including phenoxy) is 2. The lowest BCUT2D eigenvalue weighted by Gasteiger charge is -2.21. The second kappa shape index (κ2) is 9.88. The fraction of sp³-hybridized carbons (Fsp3) is 0.263. The van der Waals surface area contributed by atoms with Crippen molar-refractivity contribution in [2.75, 3.05) is 20.3 Å². The Kier molecular flexibility index (Phi) is 7.77. The molecule has 0 radical (unpaired) electrons. The summed E-state index contributed by atoms with van der Waals surface area (Å²) in [5.74, 6) is -1.90. The summed E-state index contributed by atoms with van der Waals surface area (Å²) in [7, 11) is -2.79. The van der Waals surface area contributed by atoms with E-state index in [9.17, 15) is 22.4 Å². The number of hydrogen-bond acceptors (Lipinski definition) is 6. The zero-order valence-corrected chi connectivity index (χ0v) is 17.8. The van der Waals surface area contributed by atoms with Gasteiger partial charge in [0.15, 0.2) is 18.2 Å². The predicted octanol–water partition coefficient (Wildman–Crippen LogP) is 2.34. The fourth-order valence-corrected chi connectivity index (χ4v) is 3.63. The van der Waals surface area contributed by atoms with Crippen LogP contribution in [0.2, 0.25) is 5.02 Å². The molecular weight excluding hydrogens is 439 g/mol. The highest BCUT2D eigenvalue weighted by Gasteiger charge is 2.19. The number of likely N-dealkylation sites (N-methyl/N-ethyl adjacent to an activating group) is 1. The number of nitrogens with two attached hydrogens (primary N) is 1. The average molecular weight is 459 g/mol. The largest absolute Gasteiger partial charge is 0.494 e. The number of primary sulfonamides is 1. The number of methoxy groups -OCH3 is 1. The predicted molar refractivity (Wildman–Crippen MR) is 107 cm³/mol. The minimum atomic E-state index is -4.14. The van der Waals surface area contributed by atoms with Crippen molar-refractivity contribution in [2.45, 2.75) is 18.4 Å². The van der Waals surface area contributed by atoms with Crippen molar-refractivity contribution in [1.82, 2.24) is 4.90 Å². The van der Waals surface area contributed by atoms with E-state index in [1.54, 1.807) is 13.0 Å². The number of nitrogens with zero attached hydrogens (tertiary/aromatic N) is 1. The van der Waals surface area contributed by atoms with E-state index in [0.717, 1.165) is 6.07 Å². The second-order valence-corrected chi connectivity index (χ2v) is 8.08. The molecule has 30 heavy (non-hydrogen) atoms. The molecule has 2 aromatic carbocycles. The molecule has 0 spiro atoms. The molecule has 0 aliphatic rings. The van der Waals surface area contributed by atoms with Crippen LogP contribution in [0.4, 0.5) is 4.39 Å². The van der Waals surface area contributed by atoms with Crippen molar-refractivity contribution in [3.63, 3.8) is 0 Å². The molecule has 1 amide bonds. The molecule has 0 fully saturated rings. The fourth-order valence-electron chi connectivity index (χ4n) is 2.56. The minimum Gasteiger partial charge on any atom is -0.494 e. The van der Waals surface area contributed by atoms with Gasteiger partial charge in [0, 0.05) is 13.1 Å². The number of rotatable bonds is 8. The zero-order chi connectivity index (χ0) is 22.5.